The van der Waals surface area contributed by atoms with E-state index in [0.717, 1.165) is 22.8 Å². The van der Waals surface area contributed by atoms with Crippen molar-refractivity contribution in [1.82, 2.24) is 29.7 Å². The minimum atomic E-state index is -1.20. The van der Waals surface area contributed by atoms with Gasteiger partial charge in [-0.3, -0.25) is 44.1 Å². The SMILES string of the molecule is NC(CCC(=O)c1cccc(-c2c3cc(Cl)c(=O)c(CN(Cc4ccccn4)Cc4ccccn4)c-3oc3c(CN(Cc4ccccn4)Cc4ccccn4)c(O)c(Cl)cc23)c1)C(=O)O. The molecule has 0 bridgehead atoms. The molecular weight excluding hydrogens is 865 g/mol. The van der Waals surface area contributed by atoms with Crippen molar-refractivity contribution >= 4 is 45.9 Å². The van der Waals surface area contributed by atoms with E-state index in [1.165, 1.54) is 0 Å². The molecule has 15 heteroatoms. The molecule has 1 aliphatic carbocycles. The number of hydrogen-bond donors (Lipinski definition) is 3. The molecule has 8 rings (SSSR count). The third kappa shape index (κ3) is 10.6. The molecule has 5 heterocycles. The van der Waals surface area contributed by atoms with Crippen LogP contribution in [0.15, 0.2) is 143 Å². The zero-order chi connectivity index (χ0) is 45.5. The van der Waals surface area contributed by atoms with Gasteiger partial charge in [0.1, 0.15) is 23.1 Å². The third-order valence-corrected chi connectivity index (χ3v) is 11.6. The molecule has 0 saturated carbocycles. The first kappa shape index (κ1) is 44.7. The fourth-order valence-electron chi connectivity index (χ4n) is 7.86. The van der Waals surface area contributed by atoms with E-state index in [-0.39, 0.29) is 64.4 Å². The van der Waals surface area contributed by atoms with Crippen molar-refractivity contribution in [2.75, 3.05) is 0 Å². The minimum Gasteiger partial charge on any atom is -0.506 e. The predicted octanol–water partition coefficient (Wildman–Crippen LogP) is 8.94. The number of carboxylic acids is 1. The van der Waals surface area contributed by atoms with Crippen LogP contribution in [0.3, 0.4) is 0 Å². The average Bonchev–Trinajstić information content (AvgIpc) is 3.32. The van der Waals surface area contributed by atoms with E-state index in [4.69, 9.17) is 33.4 Å². The molecule has 6 aromatic rings. The molecule has 1 atom stereocenters. The van der Waals surface area contributed by atoms with E-state index in [0.29, 0.717) is 59.4 Å². The molecule has 4 aromatic heterocycles. The first-order chi connectivity index (χ1) is 31.5. The summed E-state index contributed by atoms with van der Waals surface area (Å²) in [5.41, 5.74) is 11.1. The molecule has 2 aliphatic rings. The number of phenolic OH excluding ortho intramolecular Hbond substituents is 1. The third-order valence-electron chi connectivity index (χ3n) is 11.0. The van der Waals surface area contributed by atoms with Gasteiger partial charge in [0.2, 0.25) is 5.43 Å². The number of ketones is 1. The van der Waals surface area contributed by atoms with Gasteiger partial charge in [-0.1, -0.05) is 65.7 Å². The van der Waals surface area contributed by atoms with Gasteiger partial charge < -0.3 is 20.4 Å². The minimum absolute atomic E-state index is 0.0393. The number of pyridine rings is 4. The summed E-state index contributed by atoms with van der Waals surface area (Å²) in [4.78, 5) is 61.9. The fraction of sp³-hybridized carbons (Fsp3) is 0.180. The molecule has 13 nitrogen and oxygen atoms in total. The average molecular weight is 909 g/mol. The van der Waals surface area contributed by atoms with Gasteiger partial charge in [-0.15, -0.1) is 0 Å². The monoisotopic (exact) mass is 907 g/mol. The number of hydrogen-bond acceptors (Lipinski definition) is 12. The van der Waals surface area contributed by atoms with Crippen LogP contribution in [0.1, 0.15) is 57.1 Å². The van der Waals surface area contributed by atoms with Crippen LogP contribution in [0.5, 0.6) is 5.75 Å². The maximum absolute atomic E-state index is 14.5. The van der Waals surface area contributed by atoms with Crippen LogP contribution in [0.2, 0.25) is 10.0 Å². The number of aromatic hydroxyl groups is 1. The quantitative estimate of drug-likeness (QED) is 0.0547. The van der Waals surface area contributed by atoms with Crippen molar-refractivity contribution in [3.05, 3.63) is 194 Å². The molecule has 1 unspecified atom stereocenters. The summed E-state index contributed by atoms with van der Waals surface area (Å²) in [5.74, 6) is -1.52. The second-order valence-electron chi connectivity index (χ2n) is 15.6. The van der Waals surface area contributed by atoms with Crippen molar-refractivity contribution < 1.29 is 24.2 Å². The highest BCUT2D eigenvalue weighted by Gasteiger charge is 2.29. The number of aromatic nitrogens is 4. The largest absolute Gasteiger partial charge is 0.506 e. The lowest BCUT2D eigenvalue weighted by molar-refractivity contribution is -0.138. The zero-order valence-electron chi connectivity index (χ0n) is 35.0. The van der Waals surface area contributed by atoms with Crippen LogP contribution >= 0.6 is 23.2 Å². The number of nitrogens with zero attached hydrogens (tertiary/aromatic N) is 6. The molecule has 0 fully saturated rings. The predicted molar refractivity (Wildman–Crippen MR) is 248 cm³/mol. The van der Waals surface area contributed by atoms with Gasteiger partial charge in [-0.25, -0.2) is 0 Å². The van der Waals surface area contributed by atoms with Crippen LogP contribution in [-0.2, 0) is 44.1 Å². The molecule has 0 amide bonds. The summed E-state index contributed by atoms with van der Waals surface area (Å²) < 4.78 is 6.98. The van der Waals surface area contributed by atoms with Crippen LogP contribution in [0.4, 0.5) is 0 Å². The van der Waals surface area contributed by atoms with E-state index in [1.807, 2.05) is 83.8 Å². The highest BCUT2D eigenvalue weighted by atomic mass is 35.5. The Morgan fingerprint density at radius 3 is 1.68 bits per heavy atom. The van der Waals surface area contributed by atoms with Gasteiger partial charge in [-0.2, -0.15) is 0 Å². The van der Waals surface area contributed by atoms with Gasteiger partial charge >= 0.3 is 5.97 Å². The summed E-state index contributed by atoms with van der Waals surface area (Å²) in [6, 6.07) is 31.4. The molecule has 0 spiro atoms. The lowest BCUT2D eigenvalue weighted by Gasteiger charge is -2.26. The second kappa shape index (κ2) is 20.3. The number of carboxylic acid groups (broad SMARTS) is 1. The topological polar surface area (TPSA) is 189 Å². The Labute approximate surface area is 384 Å². The summed E-state index contributed by atoms with van der Waals surface area (Å²) in [6.07, 6.45) is 6.68. The van der Waals surface area contributed by atoms with Crippen molar-refractivity contribution in [3.63, 3.8) is 0 Å². The maximum Gasteiger partial charge on any atom is 0.320 e. The highest BCUT2D eigenvalue weighted by Crippen LogP contribution is 2.47. The Morgan fingerprint density at radius 1 is 0.662 bits per heavy atom. The number of fused-ring (bicyclic) bond motifs is 2. The summed E-state index contributed by atoms with van der Waals surface area (Å²) in [5, 5.41) is 21.8. The Balaban J connectivity index is 1.34. The van der Waals surface area contributed by atoms with Crippen molar-refractivity contribution in [1.29, 1.82) is 0 Å². The van der Waals surface area contributed by atoms with E-state index < -0.39 is 17.4 Å². The van der Waals surface area contributed by atoms with E-state index in [9.17, 15) is 24.6 Å². The van der Waals surface area contributed by atoms with Crippen molar-refractivity contribution in [3.8, 4) is 28.2 Å². The normalized spacial score (nSPS) is 12.0. The Hall–Kier alpha value is -6.87. The number of rotatable bonds is 18. The number of phenols is 1. The van der Waals surface area contributed by atoms with Gasteiger partial charge in [0, 0.05) is 92.6 Å². The molecule has 0 radical (unpaired) electrons. The molecule has 1 aliphatic heterocycles. The highest BCUT2D eigenvalue weighted by molar-refractivity contribution is 6.33. The summed E-state index contributed by atoms with van der Waals surface area (Å²) >= 11 is 13.9. The molecule has 328 valence electrons. The number of nitrogens with two attached hydrogens (primary N) is 1. The van der Waals surface area contributed by atoms with Crippen molar-refractivity contribution in [2.24, 2.45) is 5.73 Å². The number of carbonyl (C=O) groups is 2. The number of benzene rings is 3. The van der Waals surface area contributed by atoms with E-state index >= 15 is 0 Å². The summed E-state index contributed by atoms with van der Waals surface area (Å²) in [7, 11) is 0. The number of aliphatic carboxylic acids is 1. The molecule has 2 aromatic carbocycles. The van der Waals surface area contributed by atoms with E-state index in [1.54, 1.807) is 55.1 Å². The van der Waals surface area contributed by atoms with Crippen LogP contribution < -0.4 is 11.2 Å². The standard InChI is InChI=1S/C50H43Cl2N7O6/c51-41-23-37-45(32-11-9-10-31(22-32)44(60)17-16-43(53)50(63)64)38-24-42(52)47(62)40(30-59(27-35-14-3-7-20-56-35)28-36-15-4-8-21-57-36)49(38)65-48(37)39(46(41)61)29-58(25-33-12-1-5-18-54-33)26-34-13-2-6-19-55-34/h1-15,18-24,43,61H,16-17,25-30,53H2,(H,63,64). The van der Waals surface area contributed by atoms with Gasteiger partial charge in [0.05, 0.1) is 43.9 Å². The van der Waals surface area contributed by atoms with Crippen LogP contribution in [-0.4, -0.2) is 57.7 Å². The maximum atomic E-state index is 14.5. The second-order valence-corrected chi connectivity index (χ2v) is 16.5. The van der Waals surface area contributed by atoms with Gasteiger partial charge in [-0.05, 0) is 78.7 Å². The van der Waals surface area contributed by atoms with Gasteiger partial charge in [0.15, 0.2) is 5.78 Å². The molecule has 0 saturated heterocycles. The Kier molecular flexibility index (Phi) is 14.0. The lowest BCUT2D eigenvalue weighted by Crippen LogP contribution is -2.30. The van der Waals surface area contributed by atoms with E-state index in [2.05, 4.69) is 24.8 Å². The van der Waals surface area contributed by atoms with Crippen LogP contribution in [0, 0.1) is 0 Å². The summed E-state index contributed by atoms with van der Waals surface area (Å²) in [6.45, 7) is 1.58. The van der Waals surface area contributed by atoms with Crippen LogP contribution in [0.25, 0.3) is 33.4 Å². The smallest absolute Gasteiger partial charge is 0.320 e. The molecule has 4 N–H and O–H groups in total. The molecular formula is C50H43Cl2N7O6. The number of carbonyl (C=O) groups excluding carboxylic acids is 1. The Morgan fingerprint density at radius 2 is 1.18 bits per heavy atom. The van der Waals surface area contributed by atoms with Gasteiger partial charge in [0.25, 0.3) is 0 Å². The fourth-order valence-corrected chi connectivity index (χ4v) is 8.31. The first-order valence-electron chi connectivity index (χ1n) is 20.8. The van der Waals surface area contributed by atoms with Crippen molar-refractivity contribution in [2.45, 2.75) is 58.2 Å². The Bertz CT molecular complexity index is 2900. The number of Topliss-reactive ketones (excluding diaryl/α,β-unsaturated/α-hetero) is 1. The molecule has 65 heavy (non-hydrogen) atoms. The first-order valence-corrected chi connectivity index (χ1v) is 21.6. The lowest BCUT2D eigenvalue weighted by atomic mass is 9.89. The number of halogens is 2. The zero-order valence-corrected chi connectivity index (χ0v) is 36.5.